The van der Waals surface area contributed by atoms with Gasteiger partial charge in [-0.25, -0.2) is 4.98 Å². The van der Waals surface area contributed by atoms with Crippen molar-refractivity contribution in [3.8, 4) is 17.8 Å². The number of nitriles is 2. The maximum Gasteiger partial charge on any atom is 0.177 e. The predicted octanol–water partition coefficient (Wildman–Crippen LogP) is 1.77. The molecule has 2 aromatic heterocycles. The Bertz CT molecular complexity index is 617. The number of aromatic nitrogens is 3. The summed E-state index contributed by atoms with van der Waals surface area (Å²) in [5.74, 6) is 0. The zero-order valence-corrected chi connectivity index (χ0v) is 9.51. The van der Waals surface area contributed by atoms with E-state index in [0.717, 1.165) is 10.2 Å². The molecule has 0 spiro atoms. The number of imidazole rings is 1. The standard InChI is InChI=1S/C10H4BrN5/c11-7-5-14-2-1-9(7)16-6-15-8(3-12)10(16)4-13/h1-2,5-6H. The molecular weight excluding hydrogens is 270 g/mol. The average molecular weight is 274 g/mol. The molecule has 5 nitrogen and oxygen atoms in total. The van der Waals surface area contributed by atoms with Gasteiger partial charge in [0.25, 0.3) is 0 Å². The largest absolute Gasteiger partial charge is 0.288 e. The van der Waals surface area contributed by atoms with Crippen molar-refractivity contribution in [2.24, 2.45) is 0 Å². The molecule has 0 radical (unpaired) electrons. The highest BCUT2D eigenvalue weighted by Gasteiger charge is 2.12. The van der Waals surface area contributed by atoms with Crippen LogP contribution >= 0.6 is 15.9 Å². The van der Waals surface area contributed by atoms with E-state index in [4.69, 9.17) is 10.5 Å². The van der Waals surface area contributed by atoms with E-state index in [1.807, 2.05) is 12.1 Å². The van der Waals surface area contributed by atoms with Crippen molar-refractivity contribution >= 4 is 15.9 Å². The van der Waals surface area contributed by atoms with Gasteiger partial charge in [0.05, 0.1) is 10.2 Å². The number of hydrogen-bond donors (Lipinski definition) is 0. The molecule has 16 heavy (non-hydrogen) atoms. The number of hydrogen-bond acceptors (Lipinski definition) is 4. The number of halogens is 1. The van der Waals surface area contributed by atoms with E-state index in [-0.39, 0.29) is 11.4 Å². The van der Waals surface area contributed by atoms with Crippen LogP contribution in [0, 0.1) is 22.7 Å². The van der Waals surface area contributed by atoms with Gasteiger partial charge in [0, 0.05) is 12.4 Å². The molecule has 0 aliphatic carbocycles. The van der Waals surface area contributed by atoms with Crippen molar-refractivity contribution in [2.75, 3.05) is 0 Å². The Labute approximate surface area is 99.7 Å². The molecule has 0 bridgehead atoms. The summed E-state index contributed by atoms with van der Waals surface area (Å²) in [5, 5.41) is 17.8. The zero-order chi connectivity index (χ0) is 11.5. The van der Waals surface area contributed by atoms with E-state index in [1.165, 1.54) is 6.33 Å². The van der Waals surface area contributed by atoms with Crippen LogP contribution in [0.4, 0.5) is 0 Å². The molecule has 0 aromatic carbocycles. The summed E-state index contributed by atoms with van der Waals surface area (Å²) in [6.07, 6.45) is 4.66. The van der Waals surface area contributed by atoms with Crippen LogP contribution in [-0.2, 0) is 0 Å². The highest BCUT2D eigenvalue weighted by Crippen LogP contribution is 2.21. The summed E-state index contributed by atoms with van der Waals surface area (Å²) in [6, 6.07) is 5.56. The van der Waals surface area contributed by atoms with E-state index >= 15 is 0 Å². The minimum atomic E-state index is 0.117. The van der Waals surface area contributed by atoms with E-state index in [0.29, 0.717) is 0 Å². The predicted molar refractivity (Wildman–Crippen MR) is 58.5 cm³/mol. The molecule has 2 heterocycles. The summed E-state index contributed by atoms with van der Waals surface area (Å²) in [6.45, 7) is 0. The Balaban J connectivity index is 2.68. The van der Waals surface area contributed by atoms with Gasteiger partial charge in [-0.3, -0.25) is 9.55 Å². The third-order valence-electron chi connectivity index (χ3n) is 1.99. The summed E-state index contributed by atoms with van der Waals surface area (Å²) in [7, 11) is 0. The lowest BCUT2D eigenvalue weighted by atomic mass is 10.3. The molecule has 0 aliphatic heterocycles. The zero-order valence-electron chi connectivity index (χ0n) is 7.92. The maximum atomic E-state index is 8.98. The molecule has 0 saturated heterocycles. The smallest absolute Gasteiger partial charge is 0.177 e. The average Bonchev–Trinajstić information content (AvgIpc) is 2.72. The molecule has 6 heteroatoms. The minimum absolute atomic E-state index is 0.117. The van der Waals surface area contributed by atoms with Crippen LogP contribution in [0.5, 0.6) is 0 Å². The Morgan fingerprint density at radius 2 is 2.12 bits per heavy atom. The third kappa shape index (κ3) is 1.56. The fourth-order valence-electron chi connectivity index (χ4n) is 1.28. The lowest BCUT2D eigenvalue weighted by Gasteiger charge is -2.04. The van der Waals surface area contributed by atoms with Crippen LogP contribution in [0.3, 0.4) is 0 Å². The van der Waals surface area contributed by atoms with Gasteiger partial charge in [0.2, 0.25) is 0 Å². The van der Waals surface area contributed by atoms with Crippen LogP contribution in [0.2, 0.25) is 0 Å². The molecule has 0 atom stereocenters. The van der Waals surface area contributed by atoms with E-state index in [9.17, 15) is 0 Å². The first kappa shape index (κ1) is 10.3. The first-order chi connectivity index (χ1) is 7.77. The number of nitrogens with zero attached hydrogens (tertiary/aromatic N) is 5. The molecule has 0 N–H and O–H groups in total. The van der Waals surface area contributed by atoms with Crippen molar-refractivity contribution < 1.29 is 0 Å². The van der Waals surface area contributed by atoms with E-state index < -0.39 is 0 Å². The van der Waals surface area contributed by atoms with Gasteiger partial charge in [0.15, 0.2) is 11.4 Å². The van der Waals surface area contributed by atoms with E-state index in [2.05, 4.69) is 25.9 Å². The number of rotatable bonds is 1. The molecule has 0 amide bonds. The Morgan fingerprint density at radius 1 is 1.31 bits per heavy atom. The van der Waals surface area contributed by atoms with Gasteiger partial charge in [-0.1, -0.05) is 0 Å². The minimum Gasteiger partial charge on any atom is -0.288 e. The Hall–Kier alpha value is -2.18. The van der Waals surface area contributed by atoms with Gasteiger partial charge in [-0.05, 0) is 22.0 Å². The second-order valence-electron chi connectivity index (χ2n) is 2.86. The third-order valence-corrected chi connectivity index (χ3v) is 2.60. The fraction of sp³-hybridized carbons (Fsp3) is 0. The van der Waals surface area contributed by atoms with E-state index in [1.54, 1.807) is 23.0 Å². The Morgan fingerprint density at radius 3 is 2.75 bits per heavy atom. The maximum absolute atomic E-state index is 8.98. The fourth-order valence-corrected chi connectivity index (χ4v) is 1.72. The quantitative estimate of drug-likeness (QED) is 0.793. The van der Waals surface area contributed by atoms with Gasteiger partial charge in [-0.15, -0.1) is 0 Å². The van der Waals surface area contributed by atoms with Gasteiger partial charge in [0.1, 0.15) is 18.5 Å². The van der Waals surface area contributed by atoms with Crippen molar-refractivity contribution in [1.29, 1.82) is 10.5 Å². The summed E-state index contributed by atoms with van der Waals surface area (Å²) < 4.78 is 2.28. The van der Waals surface area contributed by atoms with Crippen LogP contribution in [0.15, 0.2) is 29.3 Å². The summed E-state index contributed by atoms with van der Waals surface area (Å²) in [5.41, 5.74) is 1.06. The van der Waals surface area contributed by atoms with Crippen molar-refractivity contribution in [2.45, 2.75) is 0 Å². The lowest BCUT2D eigenvalue weighted by Crippen LogP contribution is -1.97. The number of pyridine rings is 1. The van der Waals surface area contributed by atoms with Gasteiger partial charge < -0.3 is 0 Å². The highest BCUT2D eigenvalue weighted by atomic mass is 79.9. The molecule has 2 aromatic rings. The molecule has 0 fully saturated rings. The summed E-state index contributed by atoms with van der Waals surface area (Å²) in [4.78, 5) is 7.79. The normalized spacial score (nSPS) is 9.44. The van der Waals surface area contributed by atoms with Crippen LogP contribution in [0.25, 0.3) is 5.69 Å². The van der Waals surface area contributed by atoms with Crippen molar-refractivity contribution in [1.82, 2.24) is 14.5 Å². The second-order valence-corrected chi connectivity index (χ2v) is 3.72. The highest BCUT2D eigenvalue weighted by molar-refractivity contribution is 9.10. The lowest BCUT2D eigenvalue weighted by molar-refractivity contribution is 1.02. The van der Waals surface area contributed by atoms with Crippen LogP contribution in [-0.4, -0.2) is 14.5 Å². The topological polar surface area (TPSA) is 78.3 Å². The van der Waals surface area contributed by atoms with Gasteiger partial charge >= 0.3 is 0 Å². The molecule has 0 saturated carbocycles. The molecule has 0 aliphatic rings. The van der Waals surface area contributed by atoms with Gasteiger partial charge in [-0.2, -0.15) is 10.5 Å². The first-order valence-corrected chi connectivity index (χ1v) is 5.04. The Kier molecular flexibility index (Phi) is 2.67. The second kappa shape index (κ2) is 4.13. The van der Waals surface area contributed by atoms with Crippen molar-refractivity contribution in [3.63, 3.8) is 0 Å². The molecule has 2 rings (SSSR count). The van der Waals surface area contributed by atoms with Crippen LogP contribution < -0.4 is 0 Å². The molecular formula is C10H4BrN5. The van der Waals surface area contributed by atoms with Crippen LogP contribution in [0.1, 0.15) is 11.4 Å². The SMILES string of the molecule is N#Cc1ncn(-c2ccncc2Br)c1C#N. The molecule has 0 unspecified atom stereocenters. The monoisotopic (exact) mass is 273 g/mol. The summed E-state index contributed by atoms with van der Waals surface area (Å²) >= 11 is 3.32. The first-order valence-electron chi connectivity index (χ1n) is 4.25. The molecule has 76 valence electrons. The van der Waals surface area contributed by atoms with Crippen molar-refractivity contribution in [3.05, 3.63) is 40.6 Å².